The third-order valence-corrected chi connectivity index (χ3v) is 7.23. The molecule has 3 saturated carbocycles. The van der Waals surface area contributed by atoms with Gasteiger partial charge in [0.1, 0.15) is 6.10 Å². The quantitative estimate of drug-likeness (QED) is 0.723. The van der Waals surface area contributed by atoms with E-state index in [1.54, 1.807) is 0 Å². The van der Waals surface area contributed by atoms with Crippen LogP contribution in [0.25, 0.3) is 0 Å². The molecule has 0 amide bonds. The molecular weight excluding hydrogens is 304 g/mol. The van der Waals surface area contributed by atoms with Crippen molar-refractivity contribution in [2.75, 3.05) is 13.2 Å². The number of hydrogen-bond acceptors (Lipinski definition) is 4. The van der Waals surface area contributed by atoms with Gasteiger partial charge in [-0.15, -0.1) is 0 Å². The fourth-order valence-electron chi connectivity index (χ4n) is 5.54. The predicted molar refractivity (Wildman–Crippen MR) is 89.9 cm³/mol. The normalized spacial score (nSPS) is 42.7. The van der Waals surface area contributed by atoms with E-state index in [0.717, 1.165) is 32.1 Å². The van der Waals surface area contributed by atoms with Gasteiger partial charge in [0, 0.05) is 11.8 Å². The first-order valence-corrected chi connectivity index (χ1v) is 9.71. The second-order valence-corrected chi connectivity index (χ2v) is 8.44. The lowest BCUT2D eigenvalue weighted by molar-refractivity contribution is -0.344. The molecule has 4 rings (SSSR count). The van der Waals surface area contributed by atoms with E-state index in [9.17, 15) is 10.2 Å². The van der Waals surface area contributed by atoms with Crippen LogP contribution in [0.3, 0.4) is 0 Å². The van der Waals surface area contributed by atoms with Crippen molar-refractivity contribution >= 4 is 0 Å². The molecular formula is C20H30O4. The summed E-state index contributed by atoms with van der Waals surface area (Å²) in [5.74, 6) is 6.46. The van der Waals surface area contributed by atoms with E-state index in [4.69, 9.17) is 9.47 Å². The molecule has 1 saturated heterocycles. The van der Waals surface area contributed by atoms with Gasteiger partial charge in [-0.05, 0) is 37.5 Å². The molecule has 0 unspecified atom stereocenters. The minimum absolute atomic E-state index is 0.0577. The van der Waals surface area contributed by atoms with E-state index in [-0.39, 0.29) is 11.3 Å². The Bertz CT molecular complexity index is 523. The van der Waals surface area contributed by atoms with Crippen molar-refractivity contribution in [2.24, 2.45) is 23.2 Å². The smallest absolute Gasteiger partial charge is 0.174 e. The Labute approximate surface area is 144 Å². The second-order valence-electron chi connectivity index (χ2n) is 8.44. The van der Waals surface area contributed by atoms with Gasteiger partial charge in [-0.2, -0.15) is 0 Å². The van der Waals surface area contributed by atoms with Crippen molar-refractivity contribution in [1.82, 2.24) is 0 Å². The van der Waals surface area contributed by atoms with E-state index >= 15 is 0 Å². The monoisotopic (exact) mass is 334 g/mol. The summed E-state index contributed by atoms with van der Waals surface area (Å²) in [7, 11) is 0. The molecule has 1 heterocycles. The van der Waals surface area contributed by atoms with Crippen molar-refractivity contribution in [1.29, 1.82) is 0 Å². The maximum atomic E-state index is 10.5. The predicted octanol–water partition coefficient (Wildman–Crippen LogP) is 2.47. The molecule has 5 atom stereocenters. The van der Waals surface area contributed by atoms with Crippen LogP contribution in [0, 0.1) is 35.0 Å². The first-order valence-electron chi connectivity index (χ1n) is 9.71. The van der Waals surface area contributed by atoms with Crippen molar-refractivity contribution in [3.63, 3.8) is 0 Å². The van der Waals surface area contributed by atoms with Crippen LogP contribution in [0.1, 0.15) is 58.3 Å². The van der Waals surface area contributed by atoms with Crippen LogP contribution >= 0.6 is 0 Å². The van der Waals surface area contributed by atoms with Crippen molar-refractivity contribution in [2.45, 2.75) is 76.3 Å². The highest BCUT2D eigenvalue weighted by molar-refractivity contribution is 5.22. The third-order valence-electron chi connectivity index (χ3n) is 7.23. The number of aliphatic hydroxyl groups is 2. The molecule has 0 aromatic rings. The Balaban J connectivity index is 1.48. The van der Waals surface area contributed by atoms with Crippen LogP contribution in [0.5, 0.6) is 0 Å². The summed E-state index contributed by atoms with van der Waals surface area (Å²) in [5, 5.41) is 20.9. The highest BCUT2D eigenvalue weighted by atomic mass is 16.7. The van der Waals surface area contributed by atoms with E-state index in [0.29, 0.717) is 25.0 Å². The average molecular weight is 334 g/mol. The molecule has 24 heavy (non-hydrogen) atoms. The molecule has 2 N–H and O–H groups in total. The molecule has 1 spiro atoms. The van der Waals surface area contributed by atoms with Gasteiger partial charge < -0.3 is 19.7 Å². The molecule has 4 nitrogen and oxygen atoms in total. The topological polar surface area (TPSA) is 58.9 Å². The second kappa shape index (κ2) is 6.29. The van der Waals surface area contributed by atoms with Gasteiger partial charge in [0.15, 0.2) is 5.79 Å². The zero-order chi connectivity index (χ0) is 16.8. The summed E-state index contributed by atoms with van der Waals surface area (Å²) in [6, 6.07) is 0. The number of aliphatic hydroxyl groups excluding tert-OH is 2. The van der Waals surface area contributed by atoms with Crippen molar-refractivity contribution < 1.29 is 19.7 Å². The van der Waals surface area contributed by atoms with Crippen LogP contribution in [-0.4, -0.2) is 41.4 Å². The molecule has 4 heteroatoms. The molecule has 4 fully saturated rings. The zero-order valence-electron chi connectivity index (χ0n) is 14.7. The molecule has 0 bridgehead atoms. The van der Waals surface area contributed by atoms with Gasteiger partial charge in [0.2, 0.25) is 0 Å². The summed E-state index contributed by atoms with van der Waals surface area (Å²) in [5.41, 5.74) is -0.0577. The van der Waals surface area contributed by atoms with Crippen LogP contribution < -0.4 is 0 Å². The largest absolute Gasteiger partial charge is 0.392 e. The maximum Gasteiger partial charge on any atom is 0.174 e. The summed E-state index contributed by atoms with van der Waals surface area (Å²) in [6.07, 6.45) is 7.37. The molecule has 1 aliphatic heterocycles. The molecule has 3 aliphatic carbocycles. The summed E-state index contributed by atoms with van der Waals surface area (Å²) >= 11 is 0. The summed E-state index contributed by atoms with van der Waals surface area (Å²) in [4.78, 5) is 0. The molecule has 134 valence electrons. The molecule has 0 radical (unpaired) electrons. The van der Waals surface area contributed by atoms with Crippen LogP contribution in [0.2, 0.25) is 0 Å². The molecule has 4 aliphatic rings. The molecule has 0 aromatic carbocycles. The van der Waals surface area contributed by atoms with Gasteiger partial charge in [0.25, 0.3) is 0 Å². The number of ether oxygens (including phenoxy) is 2. The third kappa shape index (κ3) is 2.52. The fraction of sp³-hybridized carbons (Fsp3) is 0.900. The van der Waals surface area contributed by atoms with Gasteiger partial charge in [-0.3, -0.25) is 0 Å². The van der Waals surface area contributed by atoms with Gasteiger partial charge in [-0.25, -0.2) is 0 Å². The Morgan fingerprint density at radius 2 is 1.79 bits per heavy atom. The Morgan fingerprint density at radius 1 is 1.08 bits per heavy atom. The van der Waals surface area contributed by atoms with E-state index in [2.05, 4.69) is 18.8 Å². The lowest BCUT2D eigenvalue weighted by Gasteiger charge is -2.64. The van der Waals surface area contributed by atoms with Crippen LogP contribution in [0.4, 0.5) is 0 Å². The zero-order valence-corrected chi connectivity index (χ0v) is 14.7. The van der Waals surface area contributed by atoms with Gasteiger partial charge in [0.05, 0.1) is 25.2 Å². The van der Waals surface area contributed by atoms with Crippen LogP contribution in [0.15, 0.2) is 0 Å². The van der Waals surface area contributed by atoms with E-state index < -0.39 is 18.0 Å². The Morgan fingerprint density at radius 3 is 2.50 bits per heavy atom. The first-order chi connectivity index (χ1) is 11.6. The van der Waals surface area contributed by atoms with Gasteiger partial charge in [-0.1, -0.05) is 38.0 Å². The molecule has 0 aromatic heterocycles. The first kappa shape index (κ1) is 16.8. The SMILES string of the molecule is C[C@@]12CC[C@H](O)[C@@H](C#C[C@@H](O)C3CCCCC3)[C@@H]1CC21OCCO1. The number of fused-ring (bicyclic) bond motifs is 2. The average Bonchev–Trinajstić information content (AvgIpc) is 3.10. The number of rotatable bonds is 1. The van der Waals surface area contributed by atoms with Crippen molar-refractivity contribution in [3.05, 3.63) is 0 Å². The lowest BCUT2D eigenvalue weighted by Crippen LogP contribution is -2.67. The maximum absolute atomic E-state index is 10.5. The van der Waals surface area contributed by atoms with Gasteiger partial charge >= 0.3 is 0 Å². The summed E-state index contributed by atoms with van der Waals surface area (Å²) < 4.78 is 11.9. The number of hydrogen-bond donors (Lipinski definition) is 2. The highest BCUT2D eigenvalue weighted by Crippen LogP contribution is 2.66. The van der Waals surface area contributed by atoms with E-state index in [1.807, 2.05) is 0 Å². The summed E-state index contributed by atoms with van der Waals surface area (Å²) in [6.45, 7) is 3.56. The standard InChI is InChI=1S/C20H30O4/c1-19-10-9-18(22)15(16(19)13-20(19)23-11-12-24-20)7-8-17(21)14-5-3-2-4-6-14/h14-18,21-22H,2-6,9-13H2,1H3/t15-,16-,17+,18-,19+/m0/s1. The van der Waals surface area contributed by atoms with Crippen molar-refractivity contribution in [3.8, 4) is 11.8 Å². The fourth-order valence-corrected chi connectivity index (χ4v) is 5.54. The highest BCUT2D eigenvalue weighted by Gasteiger charge is 2.69. The minimum Gasteiger partial charge on any atom is -0.392 e. The van der Waals surface area contributed by atoms with Crippen LogP contribution in [-0.2, 0) is 9.47 Å². The minimum atomic E-state index is -0.543. The lowest BCUT2D eigenvalue weighted by atomic mass is 9.47. The van der Waals surface area contributed by atoms with E-state index in [1.165, 1.54) is 19.3 Å². The Kier molecular flexibility index (Phi) is 4.41. The Hall–Kier alpha value is -0.600.